The molecule has 0 radical (unpaired) electrons. The largest absolute Gasteiger partial charge is 0.375 e. The van der Waals surface area contributed by atoms with Gasteiger partial charge in [0.25, 0.3) is 0 Å². The van der Waals surface area contributed by atoms with Gasteiger partial charge in [-0.2, -0.15) is 0 Å². The van der Waals surface area contributed by atoms with E-state index in [1.807, 2.05) is 0 Å². The topological polar surface area (TPSA) is 73.1 Å². The number of nitrogens with one attached hydrogen (secondary N) is 1. The number of hydrazine groups is 1. The van der Waals surface area contributed by atoms with Crippen molar-refractivity contribution in [3.05, 3.63) is 18.1 Å². The molecule has 1 saturated carbocycles. The van der Waals surface area contributed by atoms with E-state index in [1.165, 1.54) is 19.3 Å². The zero-order valence-corrected chi connectivity index (χ0v) is 8.65. The summed E-state index contributed by atoms with van der Waals surface area (Å²) in [6, 6.07) is 0. The maximum atomic E-state index is 5.49. The van der Waals surface area contributed by atoms with E-state index in [4.69, 9.17) is 10.6 Å². The second-order valence-corrected chi connectivity index (χ2v) is 3.82. The second kappa shape index (κ2) is 5.04. The normalized spacial score (nSPS) is 15.3. The number of nitrogens with zero attached hydrogens (tertiary/aromatic N) is 2. The van der Waals surface area contributed by atoms with Crippen LogP contribution in [0.15, 0.2) is 12.4 Å². The van der Waals surface area contributed by atoms with Gasteiger partial charge in [0.1, 0.15) is 0 Å². The third-order valence-corrected chi connectivity index (χ3v) is 2.47. The number of anilines is 1. The monoisotopic (exact) mass is 208 g/mol. The average Bonchev–Trinajstić information content (AvgIpc) is 3.09. The highest BCUT2D eigenvalue weighted by Gasteiger charge is 2.20. The summed E-state index contributed by atoms with van der Waals surface area (Å²) in [6.07, 6.45) is 7.20. The molecule has 2 rings (SSSR count). The Hall–Kier alpha value is -1.20. The van der Waals surface area contributed by atoms with Crippen LogP contribution in [-0.4, -0.2) is 16.6 Å². The van der Waals surface area contributed by atoms with Crippen LogP contribution in [0, 0.1) is 5.92 Å². The number of hydrogen-bond donors (Lipinski definition) is 2. The Labute approximate surface area is 89.0 Å². The predicted molar refractivity (Wildman–Crippen MR) is 56.8 cm³/mol. The van der Waals surface area contributed by atoms with Gasteiger partial charge in [-0.25, -0.2) is 10.8 Å². The van der Waals surface area contributed by atoms with Crippen molar-refractivity contribution in [3.8, 4) is 0 Å². The van der Waals surface area contributed by atoms with Crippen molar-refractivity contribution in [3.63, 3.8) is 0 Å². The lowest BCUT2D eigenvalue weighted by Crippen LogP contribution is -2.09. The van der Waals surface area contributed by atoms with E-state index < -0.39 is 0 Å². The summed E-state index contributed by atoms with van der Waals surface area (Å²) in [7, 11) is 0. The van der Waals surface area contributed by atoms with Crippen molar-refractivity contribution in [2.45, 2.75) is 25.9 Å². The van der Waals surface area contributed by atoms with Crippen LogP contribution >= 0.6 is 0 Å². The van der Waals surface area contributed by atoms with Gasteiger partial charge in [-0.05, 0) is 12.3 Å². The molecule has 0 bridgehead atoms. The van der Waals surface area contributed by atoms with Crippen LogP contribution in [-0.2, 0) is 11.3 Å². The van der Waals surface area contributed by atoms with Gasteiger partial charge in [0.05, 0.1) is 24.7 Å². The number of aromatic nitrogens is 2. The maximum Gasteiger partial charge on any atom is 0.158 e. The lowest BCUT2D eigenvalue weighted by atomic mass is 10.3. The lowest BCUT2D eigenvalue weighted by Gasteiger charge is -2.03. The highest BCUT2D eigenvalue weighted by atomic mass is 16.5. The van der Waals surface area contributed by atoms with E-state index in [2.05, 4.69) is 15.4 Å². The highest BCUT2D eigenvalue weighted by Crippen LogP contribution is 2.32. The van der Waals surface area contributed by atoms with Crippen LogP contribution in [0.3, 0.4) is 0 Å². The lowest BCUT2D eigenvalue weighted by molar-refractivity contribution is 0.112. The Bertz CT molecular complexity index is 297. The van der Waals surface area contributed by atoms with E-state index in [0.29, 0.717) is 12.4 Å². The van der Waals surface area contributed by atoms with E-state index in [0.717, 1.165) is 18.2 Å². The van der Waals surface area contributed by atoms with Crippen LogP contribution in [0.25, 0.3) is 0 Å². The minimum absolute atomic E-state index is 0.532. The Morgan fingerprint density at radius 1 is 1.40 bits per heavy atom. The summed E-state index contributed by atoms with van der Waals surface area (Å²) in [5.74, 6) is 6.66. The SMILES string of the molecule is NNc1cnc(COCCC2CC2)cn1. The predicted octanol–water partition coefficient (Wildman–Crippen LogP) is 1.08. The summed E-state index contributed by atoms with van der Waals surface area (Å²) in [5.41, 5.74) is 3.27. The molecule has 0 atom stereocenters. The zero-order chi connectivity index (χ0) is 10.5. The minimum atomic E-state index is 0.532. The van der Waals surface area contributed by atoms with Gasteiger partial charge >= 0.3 is 0 Å². The van der Waals surface area contributed by atoms with Crippen molar-refractivity contribution < 1.29 is 4.74 Å². The van der Waals surface area contributed by atoms with Gasteiger partial charge in [0.2, 0.25) is 0 Å². The molecule has 1 fully saturated rings. The van der Waals surface area contributed by atoms with Crippen LogP contribution < -0.4 is 11.3 Å². The summed E-state index contributed by atoms with van der Waals surface area (Å²) in [4.78, 5) is 8.20. The molecule has 1 aromatic heterocycles. The smallest absolute Gasteiger partial charge is 0.158 e. The van der Waals surface area contributed by atoms with Gasteiger partial charge in [-0.3, -0.25) is 4.98 Å². The first kappa shape index (κ1) is 10.3. The average molecular weight is 208 g/mol. The Kier molecular flexibility index (Phi) is 3.47. The first-order valence-electron chi connectivity index (χ1n) is 5.24. The highest BCUT2D eigenvalue weighted by molar-refractivity contribution is 5.28. The van der Waals surface area contributed by atoms with E-state index >= 15 is 0 Å². The molecule has 15 heavy (non-hydrogen) atoms. The standard InChI is InChI=1S/C10H16N4O/c11-14-10-6-12-9(5-13-10)7-15-4-3-8-1-2-8/h5-6,8H,1-4,7,11H2,(H,13,14). The van der Waals surface area contributed by atoms with Gasteiger partial charge in [-0.1, -0.05) is 12.8 Å². The molecule has 0 aromatic carbocycles. The van der Waals surface area contributed by atoms with Crippen LogP contribution in [0.5, 0.6) is 0 Å². The molecule has 1 aliphatic carbocycles. The first-order valence-corrected chi connectivity index (χ1v) is 5.24. The van der Waals surface area contributed by atoms with Crippen molar-refractivity contribution in [1.29, 1.82) is 0 Å². The summed E-state index contributed by atoms with van der Waals surface area (Å²) < 4.78 is 5.49. The molecule has 0 amide bonds. The molecular weight excluding hydrogens is 192 g/mol. The fourth-order valence-corrected chi connectivity index (χ4v) is 1.34. The van der Waals surface area contributed by atoms with Crippen LogP contribution in [0.4, 0.5) is 5.82 Å². The number of nitrogens with two attached hydrogens (primary N) is 1. The molecule has 0 aliphatic heterocycles. The molecule has 82 valence electrons. The Morgan fingerprint density at radius 3 is 2.87 bits per heavy atom. The summed E-state index contributed by atoms with van der Waals surface area (Å²) in [5, 5.41) is 0. The van der Waals surface area contributed by atoms with Gasteiger partial charge < -0.3 is 10.2 Å². The quantitative estimate of drug-likeness (QED) is 0.416. The number of ether oxygens (including phenoxy) is 1. The minimum Gasteiger partial charge on any atom is -0.375 e. The summed E-state index contributed by atoms with van der Waals surface area (Å²) >= 11 is 0. The van der Waals surface area contributed by atoms with E-state index in [9.17, 15) is 0 Å². The van der Waals surface area contributed by atoms with Crippen LogP contribution in [0.1, 0.15) is 25.0 Å². The fourth-order valence-electron chi connectivity index (χ4n) is 1.34. The number of rotatable bonds is 6. The molecule has 1 aliphatic rings. The Morgan fingerprint density at radius 2 is 2.27 bits per heavy atom. The van der Waals surface area contributed by atoms with Crippen molar-refractivity contribution in [2.75, 3.05) is 12.0 Å². The maximum absolute atomic E-state index is 5.49. The third-order valence-electron chi connectivity index (χ3n) is 2.47. The van der Waals surface area contributed by atoms with Gasteiger partial charge in [0, 0.05) is 6.61 Å². The number of nitrogen functional groups attached to an aromatic ring is 1. The van der Waals surface area contributed by atoms with Crippen LogP contribution in [0.2, 0.25) is 0 Å². The molecule has 0 spiro atoms. The molecule has 5 nitrogen and oxygen atoms in total. The molecule has 1 aromatic rings. The van der Waals surface area contributed by atoms with Gasteiger partial charge in [0.15, 0.2) is 5.82 Å². The van der Waals surface area contributed by atoms with Gasteiger partial charge in [-0.15, -0.1) is 0 Å². The van der Waals surface area contributed by atoms with E-state index in [-0.39, 0.29) is 0 Å². The zero-order valence-electron chi connectivity index (χ0n) is 8.65. The van der Waals surface area contributed by atoms with E-state index in [1.54, 1.807) is 12.4 Å². The molecule has 0 saturated heterocycles. The Balaban J connectivity index is 1.67. The third kappa shape index (κ3) is 3.45. The first-order chi connectivity index (χ1) is 7.38. The second-order valence-electron chi connectivity index (χ2n) is 3.82. The molecular formula is C10H16N4O. The summed E-state index contributed by atoms with van der Waals surface area (Å²) in [6.45, 7) is 1.35. The van der Waals surface area contributed by atoms with Crippen molar-refractivity contribution in [2.24, 2.45) is 11.8 Å². The fraction of sp³-hybridized carbons (Fsp3) is 0.600. The van der Waals surface area contributed by atoms with Crippen molar-refractivity contribution in [1.82, 2.24) is 9.97 Å². The molecule has 0 unspecified atom stereocenters. The molecule has 3 N–H and O–H groups in total. The molecule has 1 heterocycles. The molecule has 5 heteroatoms. The van der Waals surface area contributed by atoms with Crippen molar-refractivity contribution >= 4 is 5.82 Å². The number of hydrogen-bond acceptors (Lipinski definition) is 5.